The van der Waals surface area contributed by atoms with Crippen molar-refractivity contribution in [1.29, 1.82) is 0 Å². The largest absolute Gasteiger partial charge is 0.387 e. The van der Waals surface area contributed by atoms with Crippen LogP contribution in [-0.4, -0.2) is 9.98 Å². The van der Waals surface area contributed by atoms with Crippen LogP contribution in [0.5, 0.6) is 0 Å². The highest BCUT2D eigenvalue weighted by Crippen LogP contribution is 2.25. The van der Waals surface area contributed by atoms with Crippen LogP contribution in [0.15, 0.2) is 60.7 Å². The fraction of sp³-hybridized carbons (Fsp3) is 0. The van der Waals surface area contributed by atoms with Crippen LogP contribution in [0.25, 0.3) is 0 Å². The molecule has 0 atom stereocenters. The summed E-state index contributed by atoms with van der Waals surface area (Å²) in [6.45, 7) is 0. The summed E-state index contributed by atoms with van der Waals surface area (Å²) in [6.07, 6.45) is 0. The van der Waals surface area contributed by atoms with E-state index >= 15 is 0 Å². The Labute approximate surface area is 117 Å². The lowest BCUT2D eigenvalue weighted by molar-refractivity contribution is 1.38. The summed E-state index contributed by atoms with van der Waals surface area (Å²) >= 11 is 10.3. The summed E-state index contributed by atoms with van der Waals surface area (Å²) in [6, 6.07) is 19.6. The van der Waals surface area contributed by atoms with E-state index in [1.165, 1.54) is 0 Å². The molecule has 0 aliphatic rings. The van der Waals surface area contributed by atoms with E-state index in [1.54, 1.807) is 0 Å². The van der Waals surface area contributed by atoms with E-state index in [1.807, 2.05) is 65.6 Å². The highest BCUT2D eigenvalue weighted by atomic mass is 32.1. The maximum absolute atomic E-state index is 5.66. The topological polar surface area (TPSA) is 29.3 Å². The number of hydrogen-bond donors (Lipinski definition) is 1. The van der Waals surface area contributed by atoms with E-state index in [9.17, 15) is 0 Å². The van der Waals surface area contributed by atoms with E-state index in [2.05, 4.69) is 0 Å². The molecular weight excluding hydrogens is 260 g/mol. The van der Waals surface area contributed by atoms with Crippen LogP contribution in [0.4, 0.5) is 11.4 Å². The van der Waals surface area contributed by atoms with Gasteiger partial charge in [0.2, 0.25) is 0 Å². The van der Waals surface area contributed by atoms with Gasteiger partial charge >= 0.3 is 0 Å². The van der Waals surface area contributed by atoms with Gasteiger partial charge < -0.3 is 5.73 Å². The van der Waals surface area contributed by atoms with Crippen LogP contribution in [0.3, 0.4) is 0 Å². The van der Waals surface area contributed by atoms with Crippen LogP contribution in [0.2, 0.25) is 0 Å². The zero-order valence-corrected chi connectivity index (χ0v) is 11.2. The van der Waals surface area contributed by atoms with Crippen molar-refractivity contribution in [2.45, 2.75) is 0 Å². The first-order valence-electron chi connectivity index (χ1n) is 5.44. The van der Waals surface area contributed by atoms with Crippen molar-refractivity contribution in [2.24, 2.45) is 5.73 Å². The average Bonchev–Trinajstić information content (AvgIpc) is 2.41. The molecule has 18 heavy (non-hydrogen) atoms. The first-order valence-corrected chi connectivity index (χ1v) is 6.26. The lowest BCUT2D eigenvalue weighted by Gasteiger charge is -2.24. The quantitative estimate of drug-likeness (QED) is 0.848. The Bertz CT molecular complexity index is 513. The first kappa shape index (κ1) is 12.7. The van der Waals surface area contributed by atoms with Crippen molar-refractivity contribution in [3.8, 4) is 0 Å². The van der Waals surface area contributed by atoms with Crippen molar-refractivity contribution in [1.82, 2.24) is 0 Å². The molecule has 90 valence electrons. The molecule has 0 saturated carbocycles. The van der Waals surface area contributed by atoms with Crippen molar-refractivity contribution < 1.29 is 0 Å². The molecule has 2 nitrogen and oxygen atoms in total. The van der Waals surface area contributed by atoms with Gasteiger partial charge in [-0.2, -0.15) is 0 Å². The number of anilines is 2. The van der Waals surface area contributed by atoms with Gasteiger partial charge in [0.05, 0.1) is 0 Å². The van der Waals surface area contributed by atoms with E-state index in [-0.39, 0.29) is 4.99 Å². The average molecular weight is 272 g/mol. The van der Waals surface area contributed by atoms with Gasteiger partial charge in [0.25, 0.3) is 0 Å². The summed E-state index contributed by atoms with van der Waals surface area (Å²) in [5.41, 5.74) is 7.55. The molecule has 0 saturated heterocycles. The van der Waals surface area contributed by atoms with Crippen molar-refractivity contribution >= 4 is 45.8 Å². The van der Waals surface area contributed by atoms with E-state index in [0.29, 0.717) is 4.99 Å². The monoisotopic (exact) mass is 272 g/mol. The Morgan fingerprint density at radius 3 is 1.50 bits per heavy atom. The van der Waals surface area contributed by atoms with Gasteiger partial charge in [-0.3, -0.25) is 4.90 Å². The second kappa shape index (κ2) is 5.71. The Morgan fingerprint density at radius 1 is 0.778 bits per heavy atom. The molecule has 4 heteroatoms. The molecule has 0 aromatic heterocycles. The molecule has 2 aromatic rings. The Morgan fingerprint density at radius 2 is 1.17 bits per heavy atom. The van der Waals surface area contributed by atoms with Gasteiger partial charge in [-0.1, -0.05) is 60.8 Å². The summed E-state index contributed by atoms with van der Waals surface area (Å²) in [5.74, 6) is 0. The van der Waals surface area contributed by atoms with E-state index in [0.717, 1.165) is 11.4 Å². The minimum absolute atomic E-state index is 0.220. The van der Waals surface area contributed by atoms with Crippen LogP contribution in [0, 0.1) is 0 Å². The summed E-state index contributed by atoms with van der Waals surface area (Å²) in [4.78, 5) is 2.54. The molecule has 0 fully saturated rings. The zero-order chi connectivity index (χ0) is 13.0. The van der Waals surface area contributed by atoms with Crippen molar-refractivity contribution in [3.63, 3.8) is 0 Å². The van der Waals surface area contributed by atoms with Gasteiger partial charge in [0, 0.05) is 11.4 Å². The minimum Gasteiger partial charge on any atom is -0.387 e. The summed E-state index contributed by atoms with van der Waals surface area (Å²) in [7, 11) is 0. The molecule has 0 spiro atoms. The molecule has 2 aromatic carbocycles. The van der Waals surface area contributed by atoms with Gasteiger partial charge in [0.1, 0.15) is 9.98 Å². The fourth-order valence-electron chi connectivity index (χ4n) is 1.65. The molecule has 2 N–H and O–H groups in total. The SMILES string of the molecule is NC(=S)C(=S)N(c1ccccc1)c1ccccc1. The molecule has 0 aliphatic carbocycles. The molecule has 2 rings (SSSR count). The smallest absolute Gasteiger partial charge is 0.145 e. The Hall–Kier alpha value is -1.78. The molecule has 0 bridgehead atoms. The number of para-hydroxylation sites is 2. The lowest BCUT2D eigenvalue weighted by Crippen LogP contribution is -2.34. The molecule has 0 amide bonds. The fourth-order valence-corrected chi connectivity index (χ4v) is 1.95. The second-order valence-corrected chi connectivity index (χ2v) is 4.50. The van der Waals surface area contributed by atoms with Crippen LogP contribution < -0.4 is 10.6 Å². The number of nitrogens with zero attached hydrogens (tertiary/aromatic N) is 1. The predicted molar refractivity (Wildman–Crippen MR) is 84.4 cm³/mol. The van der Waals surface area contributed by atoms with Gasteiger partial charge in [-0.15, -0.1) is 0 Å². The number of nitrogens with two attached hydrogens (primary N) is 1. The Balaban J connectivity index is 2.48. The number of rotatable bonds is 2. The Kier molecular flexibility index (Phi) is 4.02. The maximum Gasteiger partial charge on any atom is 0.145 e. The molecule has 0 unspecified atom stereocenters. The summed E-state index contributed by atoms with van der Waals surface area (Å²) in [5, 5.41) is 0. The van der Waals surface area contributed by atoms with Crippen LogP contribution in [-0.2, 0) is 0 Å². The third-order valence-corrected chi connectivity index (χ3v) is 3.17. The van der Waals surface area contributed by atoms with Crippen molar-refractivity contribution in [2.75, 3.05) is 4.90 Å². The molecule has 0 radical (unpaired) electrons. The minimum atomic E-state index is 0.220. The van der Waals surface area contributed by atoms with Crippen LogP contribution >= 0.6 is 24.4 Å². The predicted octanol–water partition coefficient (Wildman–Crippen LogP) is 3.44. The molecule has 0 aliphatic heterocycles. The highest BCUT2D eigenvalue weighted by Gasteiger charge is 2.15. The second-order valence-electron chi connectivity index (χ2n) is 3.68. The first-order chi connectivity index (χ1) is 8.70. The maximum atomic E-state index is 5.66. The molecular formula is C14H12N2S2. The van der Waals surface area contributed by atoms with Crippen molar-refractivity contribution in [3.05, 3.63) is 60.7 Å². The third kappa shape index (κ3) is 2.72. The molecule has 0 heterocycles. The zero-order valence-electron chi connectivity index (χ0n) is 9.61. The number of hydrogen-bond acceptors (Lipinski definition) is 2. The lowest BCUT2D eigenvalue weighted by atomic mass is 10.2. The number of thiocarbonyl (C=S) groups is 2. The van der Waals surface area contributed by atoms with E-state index < -0.39 is 0 Å². The summed E-state index contributed by atoms with van der Waals surface area (Å²) < 4.78 is 0. The van der Waals surface area contributed by atoms with E-state index in [4.69, 9.17) is 30.2 Å². The van der Waals surface area contributed by atoms with Gasteiger partial charge in [-0.05, 0) is 24.3 Å². The third-order valence-electron chi connectivity index (χ3n) is 2.44. The van der Waals surface area contributed by atoms with Crippen LogP contribution in [0.1, 0.15) is 0 Å². The standard InChI is InChI=1S/C14H12N2S2/c15-13(17)14(18)16(11-7-3-1-4-8-11)12-9-5-2-6-10-12/h1-10H,(H2,15,17). The number of benzene rings is 2. The normalized spacial score (nSPS) is 9.78. The van der Waals surface area contributed by atoms with Gasteiger partial charge in [0.15, 0.2) is 0 Å². The highest BCUT2D eigenvalue weighted by molar-refractivity contribution is 7.89. The van der Waals surface area contributed by atoms with Gasteiger partial charge in [-0.25, -0.2) is 0 Å².